The molecule has 0 aliphatic heterocycles. The molecule has 1 heterocycles. The lowest BCUT2D eigenvalue weighted by molar-refractivity contribution is -0.148. The SMILES string of the molecule is Cc1ccc(C(CC(=O)OC(C)C)NC(=O)CCc2c(C)noc2C)cc1. The standard InChI is InChI=1S/C21H28N2O4/c1-13(2)26-21(25)12-19(17-8-6-14(3)7-9-17)22-20(24)11-10-18-15(4)23-27-16(18)5/h6-9,13,19H,10-12H2,1-5H3,(H,22,24). The van der Waals surface area contributed by atoms with E-state index in [0.717, 1.165) is 28.1 Å². The predicted octanol–water partition coefficient (Wildman–Crippen LogP) is 3.73. The van der Waals surface area contributed by atoms with Gasteiger partial charge < -0.3 is 14.6 Å². The molecule has 1 amide bonds. The topological polar surface area (TPSA) is 81.4 Å². The van der Waals surface area contributed by atoms with Crippen LogP contribution in [0.25, 0.3) is 0 Å². The van der Waals surface area contributed by atoms with Crippen LogP contribution in [0.4, 0.5) is 0 Å². The highest BCUT2D eigenvalue weighted by Gasteiger charge is 2.20. The van der Waals surface area contributed by atoms with E-state index >= 15 is 0 Å². The fraction of sp³-hybridized carbons (Fsp3) is 0.476. The van der Waals surface area contributed by atoms with Gasteiger partial charge in [-0.05, 0) is 46.6 Å². The summed E-state index contributed by atoms with van der Waals surface area (Å²) in [6.45, 7) is 9.31. The summed E-state index contributed by atoms with van der Waals surface area (Å²) in [5.74, 6) is 0.274. The number of aromatic nitrogens is 1. The zero-order valence-corrected chi connectivity index (χ0v) is 16.7. The van der Waals surface area contributed by atoms with Gasteiger partial charge in [0.1, 0.15) is 5.76 Å². The summed E-state index contributed by atoms with van der Waals surface area (Å²) in [5, 5.41) is 6.88. The summed E-state index contributed by atoms with van der Waals surface area (Å²) in [5.41, 5.74) is 3.76. The van der Waals surface area contributed by atoms with Crippen LogP contribution in [0.2, 0.25) is 0 Å². The highest BCUT2D eigenvalue weighted by molar-refractivity contribution is 5.78. The molecule has 0 saturated heterocycles. The predicted molar refractivity (Wildman–Crippen MR) is 102 cm³/mol. The van der Waals surface area contributed by atoms with Gasteiger partial charge in [0.25, 0.3) is 0 Å². The van der Waals surface area contributed by atoms with Crippen molar-refractivity contribution in [2.24, 2.45) is 0 Å². The number of hydrogen-bond donors (Lipinski definition) is 1. The Hall–Kier alpha value is -2.63. The number of amides is 1. The molecule has 1 atom stereocenters. The number of carbonyl (C=O) groups excluding carboxylic acids is 2. The minimum atomic E-state index is -0.422. The molecule has 6 nitrogen and oxygen atoms in total. The van der Waals surface area contributed by atoms with Crippen LogP contribution in [-0.2, 0) is 20.7 Å². The van der Waals surface area contributed by atoms with Gasteiger partial charge in [-0.25, -0.2) is 0 Å². The summed E-state index contributed by atoms with van der Waals surface area (Å²) >= 11 is 0. The van der Waals surface area contributed by atoms with Crippen molar-refractivity contribution in [2.75, 3.05) is 0 Å². The Labute approximate surface area is 160 Å². The average molecular weight is 372 g/mol. The van der Waals surface area contributed by atoms with Crippen molar-refractivity contribution >= 4 is 11.9 Å². The third-order valence-corrected chi connectivity index (χ3v) is 4.34. The Bertz CT molecular complexity index is 758. The Balaban J connectivity index is 2.04. The van der Waals surface area contributed by atoms with E-state index in [2.05, 4.69) is 10.5 Å². The smallest absolute Gasteiger partial charge is 0.308 e. The van der Waals surface area contributed by atoms with Crippen LogP contribution in [0.3, 0.4) is 0 Å². The lowest BCUT2D eigenvalue weighted by atomic mass is 10.0. The van der Waals surface area contributed by atoms with E-state index in [4.69, 9.17) is 9.26 Å². The normalized spacial score (nSPS) is 12.1. The molecular weight excluding hydrogens is 344 g/mol. The van der Waals surface area contributed by atoms with Crippen LogP contribution in [0, 0.1) is 20.8 Å². The van der Waals surface area contributed by atoms with Crippen molar-refractivity contribution in [1.29, 1.82) is 0 Å². The highest BCUT2D eigenvalue weighted by atomic mass is 16.5. The molecule has 0 radical (unpaired) electrons. The first kappa shape index (κ1) is 20.7. The molecule has 2 rings (SSSR count). The third-order valence-electron chi connectivity index (χ3n) is 4.34. The molecule has 0 spiro atoms. The van der Waals surface area contributed by atoms with E-state index < -0.39 is 6.04 Å². The van der Waals surface area contributed by atoms with Gasteiger partial charge in [-0.2, -0.15) is 0 Å². The van der Waals surface area contributed by atoms with Gasteiger partial charge in [0.05, 0.1) is 24.3 Å². The first-order valence-electron chi connectivity index (χ1n) is 9.23. The summed E-state index contributed by atoms with van der Waals surface area (Å²) in [6, 6.07) is 7.36. The number of ether oxygens (including phenoxy) is 1. The van der Waals surface area contributed by atoms with Crippen molar-refractivity contribution in [1.82, 2.24) is 10.5 Å². The van der Waals surface area contributed by atoms with Crippen molar-refractivity contribution in [3.05, 3.63) is 52.4 Å². The van der Waals surface area contributed by atoms with E-state index in [1.165, 1.54) is 0 Å². The number of nitrogens with one attached hydrogen (secondary N) is 1. The summed E-state index contributed by atoms with van der Waals surface area (Å²) in [6.07, 6.45) is 0.749. The average Bonchev–Trinajstić information content (AvgIpc) is 2.90. The molecule has 1 N–H and O–H groups in total. The second-order valence-corrected chi connectivity index (χ2v) is 7.08. The fourth-order valence-corrected chi connectivity index (χ4v) is 2.89. The van der Waals surface area contributed by atoms with Crippen LogP contribution < -0.4 is 5.32 Å². The molecule has 1 aromatic heterocycles. The zero-order chi connectivity index (χ0) is 20.0. The van der Waals surface area contributed by atoms with E-state index in [9.17, 15) is 9.59 Å². The van der Waals surface area contributed by atoms with Gasteiger partial charge in [-0.3, -0.25) is 9.59 Å². The molecule has 0 bridgehead atoms. The number of rotatable bonds is 8. The molecule has 1 aromatic carbocycles. The third kappa shape index (κ3) is 6.24. The fourth-order valence-electron chi connectivity index (χ4n) is 2.89. The van der Waals surface area contributed by atoms with Gasteiger partial charge in [0.2, 0.25) is 5.91 Å². The van der Waals surface area contributed by atoms with Crippen LogP contribution in [-0.4, -0.2) is 23.1 Å². The highest BCUT2D eigenvalue weighted by Crippen LogP contribution is 2.20. The molecule has 1 unspecified atom stereocenters. The maximum Gasteiger partial charge on any atom is 0.308 e. The second-order valence-electron chi connectivity index (χ2n) is 7.08. The summed E-state index contributed by atoms with van der Waals surface area (Å²) < 4.78 is 10.4. The van der Waals surface area contributed by atoms with Gasteiger partial charge in [-0.1, -0.05) is 35.0 Å². The maximum atomic E-state index is 12.5. The largest absolute Gasteiger partial charge is 0.463 e. The second kappa shape index (κ2) is 9.35. The van der Waals surface area contributed by atoms with Gasteiger partial charge in [-0.15, -0.1) is 0 Å². The van der Waals surface area contributed by atoms with Crippen molar-refractivity contribution in [3.63, 3.8) is 0 Å². The molecule has 6 heteroatoms. The summed E-state index contributed by atoms with van der Waals surface area (Å²) in [4.78, 5) is 24.6. The van der Waals surface area contributed by atoms with Crippen molar-refractivity contribution < 1.29 is 18.8 Å². The van der Waals surface area contributed by atoms with Gasteiger partial charge >= 0.3 is 5.97 Å². The quantitative estimate of drug-likeness (QED) is 0.714. The minimum Gasteiger partial charge on any atom is -0.463 e. The number of esters is 1. The van der Waals surface area contributed by atoms with Crippen molar-refractivity contribution in [3.8, 4) is 0 Å². The monoisotopic (exact) mass is 372 g/mol. The summed E-state index contributed by atoms with van der Waals surface area (Å²) in [7, 11) is 0. The Morgan fingerprint density at radius 2 is 1.81 bits per heavy atom. The molecule has 2 aromatic rings. The Morgan fingerprint density at radius 3 is 2.37 bits per heavy atom. The van der Waals surface area contributed by atoms with E-state index in [-0.39, 0.29) is 24.4 Å². The number of benzene rings is 1. The molecule has 0 aliphatic rings. The number of hydrogen-bond acceptors (Lipinski definition) is 5. The van der Waals surface area contributed by atoms with Crippen LogP contribution >= 0.6 is 0 Å². The molecule has 0 aliphatic carbocycles. The maximum absolute atomic E-state index is 12.5. The zero-order valence-electron chi connectivity index (χ0n) is 16.7. The van der Waals surface area contributed by atoms with Gasteiger partial charge in [0.15, 0.2) is 0 Å². The first-order chi connectivity index (χ1) is 12.8. The van der Waals surface area contributed by atoms with Crippen molar-refractivity contribution in [2.45, 2.75) is 66.0 Å². The van der Waals surface area contributed by atoms with Crippen LogP contribution in [0.15, 0.2) is 28.8 Å². The van der Waals surface area contributed by atoms with Gasteiger partial charge in [0, 0.05) is 12.0 Å². The molecule has 146 valence electrons. The van der Waals surface area contributed by atoms with E-state index in [1.807, 2.05) is 45.0 Å². The molecular formula is C21H28N2O4. The minimum absolute atomic E-state index is 0.0955. The van der Waals surface area contributed by atoms with Crippen LogP contribution in [0.1, 0.15) is 60.9 Å². The number of aryl methyl sites for hydroxylation is 3. The first-order valence-corrected chi connectivity index (χ1v) is 9.23. The Kier molecular flexibility index (Phi) is 7.16. The lowest BCUT2D eigenvalue weighted by Gasteiger charge is -2.19. The Morgan fingerprint density at radius 1 is 1.15 bits per heavy atom. The molecule has 0 saturated carbocycles. The molecule has 27 heavy (non-hydrogen) atoms. The molecule has 0 fully saturated rings. The van der Waals surface area contributed by atoms with Crippen LogP contribution in [0.5, 0.6) is 0 Å². The number of carbonyl (C=O) groups is 2. The van der Waals surface area contributed by atoms with E-state index in [1.54, 1.807) is 13.8 Å². The van der Waals surface area contributed by atoms with E-state index in [0.29, 0.717) is 12.8 Å². The lowest BCUT2D eigenvalue weighted by Crippen LogP contribution is -2.31. The number of nitrogens with zero attached hydrogens (tertiary/aromatic N) is 1.